The summed E-state index contributed by atoms with van der Waals surface area (Å²) in [5.41, 5.74) is 0. The molecule has 56 heavy (non-hydrogen) atoms. The van der Waals surface area contributed by atoms with Crippen molar-refractivity contribution < 1.29 is 82.1 Å². The van der Waals surface area contributed by atoms with Gasteiger partial charge in [-0.25, -0.2) is 4.57 Å². The Kier molecular flexibility index (Phi) is 42.9. The van der Waals surface area contributed by atoms with Gasteiger partial charge in [0.25, 0.3) is 0 Å². The molecule has 12 nitrogen and oxygen atoms in total. The van der Waals surface area contributed by atoms with Crippen LogP contribution in [0.2, 0.25) is 0 Å². The fourth-order valence-corrected chi connectivity index (χ4v) is 6.95. The van der Waals surface area contributed by atoms with Crippen LogP contribution >= 0.6 is 7.82 Å². The van der Waals surface area contributed by atoms with Crippen LogP contribution in [0.25, 0.3) is 0 Å². The molecule has 0 bridgehead atoms. The molecule has 0 rings (SSSR count). The van der Waals surface area contributed by atoms with Gasteiger partial charge in [0.2, 0.25) is 0 Å². The molecule has 0 aromatic carbocycles. The van der Waals surface area contributed by atoms with Gasteiger partial charge in [-0.15, -0.1) is 0 Å². The van der Waals surface area contributed by atoms with Crippen LogP contribution < -0.4 is 34.7 Å². The van der Waals surface area contributed by atoms with Gasteiger partial charge in [-0.1, -0.05) is 168 Å². The minimum Gasteiger partial charge on any atom is -0.862 e. The third-order valence-electron chi connectivity index (χ3n) is 9.54. The Hall–Kier alpha value is -1.01. The maximum atomic E-state index is 12.7. The Bertz CT molecular complexity index is 1020. The van der Waals surface area contributed by atoms with Crippen LogP contribution in [0.5, 0.6) is 0 Å². The van der Waals surface area contributed by atoms with E-state index in [-0.39, 0.29) is 74.8 Å². The third kappa shape index (κ3) is 42.6. The molecule has 0 amide bonds. The number of carboxylic acids is 1. The first kappa shape index (κ1) is 57.1. The van der Waals surface area contributed by atoms with Crippen molar-refractivity contribution in [2.45, 2.75) is 219 Å². The van der Waals surface area contributed by atoms with Gasteiger partial charge < -0.3 is 29.6 Å². The number of aliphatic imine (C=N–C) groups is 1. The van der Waals surface area contributed by atoms with E-state index in [9.17, 15) is 28.9 Å². The molecule has 1 unspecified atom stereocenters. The molecular weight excluding hydrogens is 748 g/mol. The smallest absolute Gasteiger partial charge is 0.862 e. The molecule has 0 fully saturated rings. The Morgan fingerprint density at radius 3 is 1.41 bits per heavy atom. The van der Waals surface area contributed by atoms with Crippen LogP contribution in [0, 0.1) is 0 Å². The number of esters is 2. The molecule has 0 aromatic heterocycles. The number of aliphatic carboxylic acids is 1. The Morgan fingerprint density at radius 2 is 0.982 bits per heavy atom. The van der Waals surface area contributed by atoms with Crippen LogP contribution in [0.3, 0.4) is 0 Å². The molecule has 2 atom stereocenters. The van der Waals surface area contributed by atoms with Gasteiger partial charge in [0.05, 0.1) is 19.8 Å². The summed E-state index contributed by atoms with van der Waals surface area (Å²) in [4.78, 5) is 49.5. The number of hydrogen-bond acceptors (Lipinski definition) is 10. The van der Waals surface area contributed by atoms with Crippen molar-refractivity contribution in [1.82, 2.24) is 0 Å². The van der Waals surface area contributed by atoms with Crippen LogP contribution in [0.4, 0.5) is 0 Å². The topological polar surface area (TPSA) is 181 Å². The average Bonchev–Trinajstić information content (AvgIpc) is 3.15. The summed E-state index contributed by atoms with van der Waals surface area (Å²) in [7, 11) is -4.61. The molecule has 14 heteroatoms. The number of phosphoric acid groups is 1. The van der Waals surface area contributed by atoms with Gasteiger partial charge in [0.15, 0.2) is 6.10 Å². The molecule has 2 N–H and O–H groups in total. The number of carboxylic acid groups (broad SMARTS) is 1. The fourth-order valence-electron chi connectivity index (χ4n) is 6.20. The summed E-state index contributed by atoms with van der Waals surface area (Å²) in [6.07, 6.45) is 30.2. The third-order valence-corrected chi connectivity index (χ3v) is 10.5. The molecule has 0 spiro atoms. The minimum absolute atomic E-state index is 0. The van der Waals surface area contributed by atoms with E-state index in [1.807, 2.05) is 0 Å². The van der Waals surface area contributed by atoms with E-state index in [0.29, 0.717) is 12.8 Å². The van der Waals surface area contributed by atoms with Gasteiger partial charge in [0, 0.05) is 19.3 Å². The summed E-state index contributed by atoms with van der Waals surface area (Å²) in [5.74, 6) is -2.48. The maximum absolute atomic E-state index is 12.7. The van der Waals surface area contributed by atoms with Crippen LogP contribution in [0.15, 0.2) is 4.99 Å². The van der Waals surface area contributed by atoms with E-state index in [4.69, 9.17) is 23.6 Å². The standard InChI is InChI=1S/C42H80NO11P.Na/c1-3-5-7-9-11-13-15-17-19-21-23-25-27-32-41(47)51-36-38(37-53-55(49,50)52-35-34-43-39(44)30-29-31-40(45)46)54-42(48)33-28-26-24-22-20-18-16-14-12-10-8-6-4-2;/h38H,3-37H2,1-2H3,(H,43,44)(H,45,46)(H,49,50);/q;+1/p-1/t38-;/m1./s1. The van der Waals surface area contributed by atoms with Crippen molar-refractivity contribution in [3.8, 4) is 0 Å². The molecule has 0 saturated heterocycles. The number of phosphoric ester groups is 1. The number of unbranched alkanes of at least 4 members (excludes halogenated alkanes) is 24. The number of carbonyl (C=O) groups excluding carboxylic acids is 2. The second-order valence-electron chi connectivity index (χ2n) is 14.9. The zero-order valence-electron chi connectivity index (χ0n) is 35.8. The fraction of sp³-hybridized carbons (Fsp3) is 0.905. The predicted octanol–water partition coefficient (Wildman–Crippen LogP) is 7.56. The average molecular weight is 828 g/mol. The Morgan fingerprint density at radius 1 is 0.571 bits per heavy atom. The number of carbonyl (C=O) groups is 3. The van der Waals surface area contributed by atoms with Gasteiger partial charge >= 0.3 is 55.3 Å². The summed E-state index contributed by atoms with van der Waals surface area (Å²) in [6.45, 7) is 3.01. The number of hydrogen-bond donors (Lipinski definition) is 2. The predicted molar refractivity (Wildman–Crippen MR) is 217 cm³/mol. The van der Waals surface area contributed by atoms with E-state index in [1.165, 1.54) is 116 Å². The van der Waals surface area contributed by atoms with Gasteiger partial charge in [0.1, 0.15) is 6.61 Å². The van der Waals surface area contributed by atoms with Crippen LogP contribution in [0.1, 0.15) is 213 Å². The molecule has 0 aliphatic carbocycles. The zero-order chi connectivity index (χ0) is 40.7. The van der Waals surface area contributed by atoms with Gasteiger partial charge in [-0.3, -0.25) is 23.4 Å². The normalized spacial score (nSPS) is 13.2. The number of nitrogens with zero attached hydrogens (tertiary/aromatic N) is 1. The van der Waals surface area contributed by atoms with Crippen molar-refractivity contribution in [2.24, 2.45) is 4.99 Å². The monoisotopic (exact) mass is 828 g/mol. The maximum Gasteiger partial charge on any atom is 1.00 e. The van der Waals surface area contributed by atoms with E-state index < -0.39 is 50.9 Å². The molecule has 0 aromatic rings. The van der Waals surface area contributed by atoms with E-state index in [2.05, 4.69) is 18.8 Å². The van der Waals surface area contributed by atoms with Crippen molar-refractivity contribution >= 4 is 31.6 Å². The Labute approximate surface area is 362 Å². The van der Waals surface area contributed by atoms with Crippen molar-refractivity contribution in [1.29, 1.82) is 0 Å². The quantitative estimate of drug-likeness (QED) is 0.0155. The first-order valence-electron chi connectivity index (χ1n) is 22.0. The second kappa shape index (κ2) is 42.1. The summed E-state index contributed by atoms with van der Waals surface area (Å²) in [5, 5.41) is 20.4. The van der Waals surface area contributed by atoms with Crippen molar-refractivity contribution in [3.63, 3.8) is 0 Å². The molecule has 0 heterocycles. The molecule has 0 saturated carbocycles. The Balaban J connectivity index is 0. The molecule has 0 aliphatic heterocycles. The second-order valence-corrected chi connectivity index (χ2v) is 16.4. The van der Waals surface area contributed by atoms with E-state index in [1.54, 1.807) is 0 Å². The van der Waals surface area contributed by atoms with E-state index >= 15 is 0 Å². The first-order valence-corrected chi connectivity index (χ1v) is 23.5. The van der Waals surface area contributed by atoms with Crippen LogP contribution in [-0.2, 0) is 37.5 Å². The van der Waals surface area contributed by atoms with Gasteiger partial charge in [-0.05, 0) is 31.6 Å². The SMILES string of the molecule is CCCCCCCCCCCCCCCC(=O)OC[C@H](COP(=O)(O)OCCN=C([O-])CCCC(=O)O)OC(=O)CCCCCCCCCCCCCCC.[Na+]. The van der Waals surface area contributed by atoms with E-state index in [0.717, 1.165) is 38.5 Å². The number of ether oxygens (including phenoxy) is 2. The molecule has 0 aliphatic rings. The van der Waals surface area contributed by atoms with Gasteiger partial charge in [-0.2, -0.15) is 0 Å². The molecule has 0 radical (unpaired) electrons. The minimum atomic E-state index is -4.61. The number of rotatable bonds is 42. The molecular formula is C42H79NNaO11P. The summed E-state index contributed by atoms with van der Waals surface area (Å²) >= 11 is 0. The first-order chi connectivity index (χ1) is 26.6. The summed E-state index contributed by atoms with van der Waals surface area (Å²) in [6, 6.07) is 0. The van der Waals surface area contributed by atoms with Crippen molar-refractivity contribution in [3.05, 3.63) is 0 Å². The van der Waals surface area contributed by atoms with Crippen LogP contribution in [-0.4, -0.2) is 66.3 Å². The molecule has 324 valence electrons. The van der Waals surface area contributed by atoms with Crippen molar-refractivity contribution in [2.75, 3.05) is 26.4 Å². The zero-order valence-corrected chi connectivity index (χ0v) is 38.7. The summed E-state index contributed by atoms with van der Waals surface area (Å²) < 4.78 is 33.3. The largest absolute Gasteiger partial charge is 1.00 e.